The fraction of sp³-hybridized carbons (Fsp3) is 0.864. The van der Waals surface area contributed by atoms with Crippen molar-refractivity contribution in [2.75, 3.05) is 13.2 Å². The highest BCUT2D eigenvalue weighted by Gasteiger charge is 2.18. The lowest BCUT2D eigenvalue weighted by Gasteiger charge is -2.20. The second-order valence-corrected chi connectivity index (χ2v) is 19.7. The summed E-state index contributed by atoms with van der Waals surface area (Å²) in [6.07, 6.45) is 67.4. The van der Waals surface area contributed by atoms with Crippen LogP contribution in [-0.4, -0.2) is 47.4 Å². The molecule has 1 amide bonds. The third-order valence-corrected chi connectivity index (χ3v) is 13.2. The van der Waals surface area contributed by atoms with Crippen LogP contribution in [0.25, 0.3) is 0 Å². The highest BCUT2D eigenvalue weighted by atomic mass is 16.5. The fourth-order valence-corrected chi connectivity index (χ4v) is 8.74. The molecule has 0 aromatic heterocycles. The van der Waals surface area contributed by atoms with Gasteiger partial charge in [-0.15, -0.1) is 0 Å². The Bertz CT molecular complexity index is 1060. The molecule has 6 nitrogen and oxygen atoms in total. The number of rotatable bonds is 53. The van der Waals surface area contributed by atoms with Crippen LogP contribution in [0.15, 0.2) is 36.5 Å². The van der Waals surface area contributed by atoms with E-state index in [4.69, 9.17) is 4.74 Å². The first-order valence-corrected chi connectivity index (χ1v) is 28.8. The molecule has 0 spiro atoms. The van der Waals surface area contributed by atoms with Gasteiger partial charge in [-0.1, -0.05) is 262 Å². The van der Waals surface area contributed by atoms with Crippen LogP contribution in [0.4, 0.5) is 0 Å². The molecule has 3 N–H and O–H groups in total. The minimum absolute atomic E-state index is 0.0105. The molecule has 0 radical (unpaired) electrons. The molecule has 0 fully saturated rings. The Morgan fingerprint density at radius 1 is 0.431 bits per heavy atom. The van der Waals surface area contributed by atoms with Crippen LogP contribution in [-0.2, 0) is 14.3 Å². The maximum atomic E-state index is 12.4. The van der Waals surface area contributed by atoms with E-state index in [0.29, 0.717) is 19.4 Å². The highest BCUT2D eigenvalue weighted by Crippen LogP contribution is 2.16. The number of unbranched alkanes of at least 4 members (excludes halogenated alkanes) is 39. The lowest BCUT2D eigenvalue weighted by atomic mass is 10.0. The number of esters is 1. The summed E-state index contributed by atoms with van der Waals surface area (Å²) in [6, 6.07) is -0.634. The Morgan fingerprint density at radius 3 is 1.14 bits per heavy atom. The highest BCUT2D eigenvalue weighted by molar-refractivity contribution is 5.76. The van der Waals surface area contributed by atoms with E-state index in [2.05, 4.69) is 43.5 Å². The second kappa shape index (κ2) is 54.7. The Morgan fingerprint density at radius 2 is 0.754 bits per heavy atom. The molecule has 2 atom stereocenters. The maximum absolute atomic E-state index is 12.4. The Hall–Kier alpha value is -1.92. The number of carbonyl (C=O) groups is 2. The zero-order chi connectivity index (χ0) is 47.2. The van der Waals surface area contributed by atoms with Crippen LogP contribution in [0.1, 0.15) is 303 Å². The van der Waals surface area contributed by atoms with Gasteiger partial charge < -0.3 is 20.3 Å². The van der Waals surface area contributed by atoms with Gasteiger partial charge in [0.2, 0.25) is 5.91 Å². The van der Waals surface area contributed by atoms with Crippen molar-refractivity contribution >= 4 is 11.9 Å². The largest absolute Gasteiger partial charge is 0.466 e. The molecule has 0 heterocycles. The molecule has 0 saturated heterocycles. The molecule has 0 aromatic carbocycles. The summed E-state index contributed by atoms with van der Waals surface area (Å²) >= 11 is 0. The molecule has 0 rings (SSSR count). The lowest BCUT2D eigenvalue weighted by Crippen LogP contribution is -2.45. The van der Waals surface area contributed by atoms with Crippen molar-refractivity contribution in [2.45, 2.75) is 315 Å². The van der Waals surface area contributed by atoms with Gasteiger partial charge in [-0.2, -0.15) is 0 Å². The molecule has 65 heavy (non-hydrogen) atoms. The maximum Gasteiger partial charge on any atom is 0.305 e. The van der Waals surface area contributed by atoms with Crippen molar-refractivity contribution in [1.29, 1.82) is 0 Å². The topological polar surface area (TPSA) is 95.9 Å². The predicted octanol–water partition coefficient (Wildman–Crippen LogP) is 17.6. The molecule has 0 aliphatic carbocycles. The zero-order valence-electron chi connectivity index (χ0n) is 43.5. The minimum atomic E-state index is -0.850. The third kappa shape index (κ3) is 51.3. The number of allylic oxidation sites excluding steroid dienone is 5. The number of carbonyl (C=O) groups excluding carboxylic acids is 2. The molecule has 0 aliphatic rings. The molecule has 0 aliphatic heterocycles. The van der Waals surface area contributed by atoms with Gasteiger partial charge in [-0.25, -0.2) is 0 Å². The number of nitrogens with one attached hydrogen (secondary N) is 1. The zero-order valence-corrected chi connectivity index (χ0v) is 43.5. The molecular weight excluding hydrogens is 803 g/mol. The molecule has 2 unspecified atom stereocenters. The van der Waals surface area contributed by atoms with E-state index < -0.39 is 12.1 Å². The minimum Gasteiger partial charge on any atom is -0.466 e. The van der Waals surface area contributed by atoms with Gasteiger partial charge in [0.05, 0.1) is 25.4 Å². The standard InChI is InChI=1S/C59H111NO5/c1-3-5-7-9-11-13-15-17-18-22-26-29-33-37-41-45-49-53-59(64)65-54-50-46-42-38-34-30-27-24-21-19-20-23-25-28-32-36-40-44-48-52-58(63)60-56(55-61)57(62)51-47-43-39-35-31-16-14-12-10-8-6-4-2/h24,27,30,34,47,51,56-57,61-62H,3-23,25-26,28-29,31-33,35-46,48-50,52-55H2,1-2H3,(H,60,63)/b27-24-,34-30-,51-47+. The first-order chi connectivity index (χ1) is 32.0. The Kier molecular flexibility index (Phi) is 53.1. The molecule has 382 valence electrons. The average Bonchev–Trinajstić information content (AvgIpc) is 3.31. The number of hydrogen-bond acceptors (Lipinski definition) is 5. The Labute approximate surface area is 404 Å². The van der Waals surface area contributed by atoms with Crippen LogP contribution in [0.3, 0.4) is 0 Å². The van der Waals surface area contributed by atoms with Gasteiger partial charge in [0.25, 0.3) is 0 Å². The third-order valence-electron chi connectivity index (χ3n) is 13.2. The fourth-order valence-electron chi connectivity index (χ4n) is 8.74. The summed E-state index contributed by atoms with van der Waals surface area (Å²) in [5.41, 5.74) is 0. The number of aliphatic hydroxyl groups excluding tert-OH is 2. The summed E-state index contributed by atoms with van der Waals surface area (Å²) in [5.74, 6) is -0.0891. The van der Waals surface area contributed by atoms with Gasteiger partial charge >= 0.3 is 5.97 Å². The smallest absolute Gasteiger partial charge is 0.305 e. The predicted molar refractivity (Wildman–Crippen MR) is 283 cm³/mol. The molecule has 0 aromatic rings. The number of ether oxygens (including phenoxy) is 1. The van der Waals surface area contributed by atoms with E-state index in [-0.39, 0.29) is 18.5 Å². The van der Waals surface area contributed by atoms with Crippen LogP contribution >= 0.6 is 0 Å². The molecule has 0 bridgehead atoms. The number of aliphatic hydroxyl groups is 2. The number of amides is 1. The summed E-state index contributed by atoms with van der Waals surface area (Å²) in [5, 5.41) is 23.0. The van der Waals surface area contributed by atoms with Crippen molar-refractivity contribution in [2.24, 2.45) is 0 Å². The normalized spacial score (nSPS) is 12.9. The molecule has 6 heteroatoms. The van der Waals surface area contributed by atoms with Crippen molar-refractivity contribution in [3.8, 4) is 0 Å². The SMILES string of the molecule is CCCCCCCCCCCC/C=C/C(O)C(CO)NC(=O)CCCCCCCCCCCC/C=C\C=C/CCCCCOC(=O)CCCCCCCCCCCCCCCCCCC. The second-order valence-electron chi connectivity index (χ2n) is 19.7. The van der Waals surface area contributed by atoms with Gasteiger partial charge in [0, 0.05) is 12.8 Å². The summed E-state index contributed by atoms with van der Waals surface area (Å²) in [4.78, 5) is 24.5. The molecule has 0 saturated carbocycles. The van der Waals surface area contributed by atoms with E-state index in [9.17, 15) is 19.8 Å². The van der Waals surface area contributed by atoms with Crippen molar-refractivity contribution in [3.63, 3.8) is 0 Å². The number of hydrogen-bond donors (Lipinski definition) is 3. The van der Waals surface area contributed by atoms with Crippen molar-refractivity contribution in [3.05, 3.63) is 36.5 Å². The van der Waals surface area contributed by atoms with Gasteiger partial charge in [-0.3, -0.25) is 9.59 Å². The van der Waals surface area contributed by atoms with E-state index >= 15 is 0 Å². The Balaban J connectivity index is 3.47. The summed E-state index contributed by atoms with van der Waals surface area (Å²) in [7, 11) is 0. The van der Waals surface area contributed by atoms with E-state index in [1.54, 1.807) is 6.08 Å². The first-order valence-electron chi connectivity index (χ1n) is 28.8. The van der Waals surface area contributed by atoms with Gasteiger partial charge in [0.15, 0.2) is 0 Å². The van der Waals surface area contributed by atoms with Crippen molar-refractivity contribution < 1.29 is 24.5 Å². The van der Waals surface area contributed by atoms with E-state index in [1.165, 1.54) is 199 Å². The average molecular weight is 915 g/mol. The van der Waals surface area contributed by atoms with Crippen LogP contribution in [0, 0.1) is 0 Å². The van der Waals surface area contributed by atoms with Gasteiger partial charge in [-0.05, 0) is 64.2 Å². The quantitative estimate of drug-likeness (QED) is 0.0244. The van der Waals surface area contributed by atoms with Gasteiger partial charge in [0.1, 0.15) is 0 Å². The lowest BCUT2D eigenvalue weighted by molar-refractivity contribution is -0.143. The van der Waals surface area contributed by atoms with Crippen LogP contribution in [0.5, 0.6) is 0 Å². The van der Waals surface area contributed by atoms with E-state index in [0.717, 1.165) is 77.0 Å². The first kappa shape index (κ1) is 63.1. The summed E-state index contributed by atoms with van der Waals surface area (Å²) in [6.45, 7) is 4.86. The van der Waals surface area contributed by atoms with Crippen LogP contribution < -0.4 is 5.32 Å². The van der Waals surface area contributed by atoms with E-state index in [1.807, 2.05) is 6.08 Å². The monoisotopic (exact) mass is 914 g/mol. The summed E-state index contributed by atoms with van der Waals surface area (Å²) < 4.78 is 5.46. The van der Waals surface area contributed by atoms with Crippen molar-refractivity contribution in [1.82, 2.24) is 5.32 Å². The molecular formula is C59H111NO5. The van der Waals surface area contributed by atoms with Crippen LogP contribution in [0.2, 0.25) is 0 Å².